The first kappa shape index (κ1) is 49.8. The number of halogens is 4. The SMILES string of the molecule is NS(=O)(=O)c1ccc(-n2nc(C(=O)NC(O[P+](=O)OC(NC(=O)c3cc(-c4ccc(F)cc4)n(-c4ccc(S(N)(=O)=O)cc4)n3)c3ccc(Br)cc3)c3ccc(Br)cc3)cc2-c2ccc(F)cc2)cc1. The van der Waals surface area contributed by atoms with Crippen molar-refractivity contribution in [3.63, 3.8) is 0 Å². The summed E-state index contributed by atoms with van der Waals surface area (Å²) in [5, 5.41) is 24.9. The van der Waals surface area contributed by atoms with E-state index in [1.165, 1.54) is 119 Å². The second kappa shape index (κ2) is 20.7. The van der Waals surface area contributed by atoms with Crippen molar-refractivity contribution in [1.29, 1.82) is 0 Å². The number of benzene rings is 6. The molecule has 8 rings (SSSR count). The summed E-state index contributed by atoms with van der Waals surface area (Å²) in [6, 6.07) is 37.2. The molecule has 6 N–H and O–H groups in total. The van der Waals surface area contributed by atoms with Crippen LogP contribution in [0.2, 0.25) is 0 Å². The van der Waals surface area contributed by atoms with E-state index in [0.29, 0.717) is 54.0 Å². The van der Waals surface area contributed by atoms with Crippen LogP contribution < -0.4 is 20.9 Å². The van der Waals surface area contributed by atoms with Crippen LogP contribution in [0.4, 0.5) is 8.78 Å². The largest absolute Gasteiger partial charge is 0.702 e. The molecule has 2 amide bonds. The summed E-state index contributed by atoms with van der Waals surface area (Å²) in [6.07, 6.45) is -2.96. The van der Waals surface area contributed by atoms with E-state index < -0.39 is 64.2 Å². The van der Waals surface area contributed by atoms with Gasteiger partial charge in [-0.05, 0) is 133 Å². The highest BCUT2D eigenvalue weighted by Crippen LogP contribution is 2.38. The van der Waals surface area contributed by atoms with Crippen LogP contribution in [0, 0.1) is 11.6 Å². The average molecular weight is 1140 g/mol. The van der Waals surface area contributed by atoms with Gasteiger partial charge in [-0.1, -0.05) is 65.2 Å². The number of carbonyl (C=O) groups excluding carboxylic acids is 2. The normalized spacial score (nSPS) is 12.8. The molecule has 0 bridgehead atoms. The van der Waals surface area contributed by atoms with Gasteiger partial charge in [0, 0.05) is 35.8 Å². The minimum absolute atomic E-state index is 0.170. The first-order valence-corrected chi connectivity index (χ1v) is 26.0. The fraction of sp³-hybridized carbons (Fsp3) is 0.0435. The molecule has 0 aliphatic carbocycles. The molecule has 2 atom stereocenters. The minimum atomic E-state index is -4.04. The molecule has 0 spiro atoms. The molecule has 0 radical (unpaired) electrons. The Morgan fingerprint density at radius 1 is 0.543 bits per heavy atom. The molecule has 0 fully saturated rings. The number of carbonyl (C=O) groups is 2. The van der Waals surface area contributed by atoms with Gasteiger partial charge in [0.25, 0.3) is 11.8 Å². The molecular formula is C46H34Br2F2N8O9PS2+. The Hall–Kier alpha value is -6.66. The second-order valence-corrected chi connectivity index (χ2v) is 20.8. The number of nitrogens with two attached hydrogens (primary N) is 2. The maximum Gasteiger partial charge on any atom is 0.702 e. The highest BCUT2D eigenvalue weighted by molar-refractivity contribution is 9.10. The van der Waals surface area contributed by atoms with Crippen molar-refractivity contribution >= 4 is 72.0 Å². The Kier molecular flexibility index (Phi) is 14.7. The molecule has 6 aromatic carbocycles. The third-order valence-electron chi connectivity index (χ3n) is 10.2. The number of nitrogens with zero attached hydrogens (tertiary/aromatic N) is 4. The fourth-order valence-electron chi connectivity index (χ4n) is 6.78. The van der Waals surface area contributed by atoms with Crippen LogP contribution in [-0.2, 0) is 33.7 Å². The number of hydrogen-bond donors (Lipinski definition) is 4. The monoisotopic (exact) mass is 1130 g/mol. The lowest BCUT2D eigenvalue weighted by molar-refractivity contribution is 0.0688. The highest BCUT2D eigenvalue weighted by atomic mass is 79.9. The third kappa shape index (κ3) is 11.8. The van der Waals surface area contributed by atoms with Crippen LogP contribution in [0.3, 0.4) is 0 Å². The molecule has 8 aromatic rings. The van der Waals surface area contributed by atoms with Crippen molar-refractivity contribution in [2.24, 2.45) is 10.3 Å². The summed E-state index contributed by atoms with van der Waals surface area (Å²) in [4.78, 5) is 28.0. The summed E-state index contributed by atoms with van der Waals surface area (Å²) in [5.74, 6) is -2.69. The zero-order valence-electron chi connectivity index (χ0n) is 35.6. The molecule has 356 valence electrons. The van der Waals surface area contributed by atoms with Gasteiger partial charge in [0.1, 0.15) is 11.6 Å². The van der Waals surface area contributed by atoms with Crippen LogP contribution in [0.25, 0.3) is 33.9 Å². The first-order valence-electron chi connectivity index (χ1n) is 20.2. The van der Waals surface area contributed by atoms with E-state index in [0.717, 1.165) is 0 Å². The molecule has 0 saturated carbocycles. The van der Waals surface area contributed by atoms with Crippen molar-refractivity contribution in [3.8, 4) is 33.9 Å². The van der Waals surface area contributed by atoms with E-state index in [1.54, 1.807) is 48.5 Å². The number of sulfonamides is 2. The predicted molar refractivity (Wildman–Crippen MR) is 259 cm³/mol. The average Bonchev–Trinajstić information content (AvgIpc) is 3.99. The van der Waals surface area contributed by atoms with Gasteiger partial charge < -0.3 is 10.6 Å². The molecule has 0 aliphatic rings. The smallest absolute Gasteiger partial charge is 0.317 e. The Labute approximate surface area is 415 Å². The van der Waals surface area contributed by atoms with Crippen LogP contribution >= 0.6 is 40.1 Å². The molecule has 2 unspecified atom stereocenters. The lowest BCUT2D eigenvalue weighted by Gasteiger charge is -2.15. The van der Waals surface area contributed by atoms with E-state index in [1.807, 2.05) is 0 Å². The number of amides is 2. The number of aromatic nitrogens is 4. The second-order valence-electron chi connectivity index (χ2n) is 15.0. The molecule has 2 aromatic heterocycles. The summed E-state index contributed by atoms with van der Waals surface area (Å²) in [7, 11) is -11.3. The Bertz CT molecular complexity index is 3250. The maximum absolute atomic E-state index is 14.1. The third-order valence-corrected chi connectivity index (χ3v) is 13.9. The Morgan fingerprint density at radius 3 is 1.19 bits per heavy atom. The number of nitrogens with one attached hydrogen (secondary N) is 2. The Morgan fingerprint density at radius 2 is 0.871 bits per heavy atom. The quantitative estimate of drug-likeness (QED) is 0.0526. The number of hydrogen-bond acceptors (Lipinski definition) is 11. The van der Waals surface area contributed by atoms with Crippen LogP contribution in [0.5, 0.6) is 0 Å². The maximum atomic E-state index is 14.1. The van der Waals surface area contributed by atoms with Gasteiger partial charge in [0.15, 0.2) is 11.4 Å². The molecule has 2 heterocycles. The van der Waals surface area contributed by atoms with Gasteiger partial charge >= 0.3 is 8.25 Å². The van der Waals surface area contributed by atoms with E-state index >= 15 is 0 Å². The minimum Gasteiger partial charge on any atom is -0.317 e. The van der Waals surface area contributed by atoms with Crippen molar-refractivity contribution in [2.75, 3.05) is 0 Å². The van der Waals surface area contributed by atoms with Crippen LogP contribution in [0.15, 0.2) is 176 Å². The molecule has 24 heteroatoms. The van der Waals surface area contributed by atoms with E-state index in [2.05, 4.69) is 52.7 Å². The van der Waals surface area contributed by atoms with E-state index in [9.17, 15) is 39.8 Å². The zero-order valence-corrected chi connectivity index (χ0v) is 41.3. The van der Waals surface area contributed by atoms with Gasteiger partial charge in [-0.3, -0.25) is 9.59 Å². The topological polar surface area (TPSA) is 250 Å². The fourth-order valence-corrected chi connectivity index (χ4v) is 9.09. The summed E-state index contributed by atoms with van der Waals surface area (Å²) < 4.78 is 106. The van der Waals surface area contributed by atoms with Crippen molar-refractivity contribution in [1.82, 2.24) is 30.2 Å². The molecule has 0 saturated heterocycles. The Balaban J connectivity index is 1.08. The van der Waals surface area contributed by atoms with Gasteiger partial charge in [0.05, 0.1) is 32.6 Å². The number of primary sulfonamides is 2. The summed E-state index contributed by atoms with van der Waals surface area (Å²) in [5.41, 5.74) is 2.40. The van der Waals surface area contributed by atoms with Gasteiger partial charge in [-0.25, -0.2) is 45.3 Å². The lowest BCUT2D eigenvalue weighted by Crippen LogP contribution is -2.31. The van der Waals surface area contributed by atoms with Gasteiger partial charge in [-0.15, -0.1) is 0 Å². The summed E-state index contributed by atoms with van der Waals surface area (Å²) >= 11 is 6.76. The summed E-state index contributed by atoms with van der Waals surface area (Å²) in [6.45, 7) is 0. The predicted octanol–water partition coefficient (Wildman–Crippen LogP) is 8.74. The van der Waals surface area contributed by atoms with Crippen molar-refractivity contribution in [2.45, 2.75) is 22.2 Å². The molecule has 70 heavy (non-hydrogen) atoms. The van der Waals surface area contributed by atoms with Crippen molar-refractivity contribution in [3.05, 3.63) is 201 Å². The van der Waals surface area contributed by atoms with Crippen LogP contribution in [0.1, 0.15) is 44.6 Å². The lowest BCUT2D eigenvalue weighted by atomic mass is 10.1. The zero-order chi connectivity index (χ0) is 49.9. The highest BCUT2D eigenvalue weighted by Gasteiger charge is 2.36. The molecule has 0 aliphatic heterocycles. The van der Waals surface area contributed by atoms with Gasteiger partial charge in [0.2, 0.25) is 32.5 Å². The van der Waals surface area contributed by atoms with Crippen molar-refractivity contribution < 1.29 is 48.8 Å². The molecular weight excluding hydrogens is 1100 g/mol. The van der Waals surface area contributed by atoms with Gasteiger partial charge in [-0.2, -0.15) is 10.2 Å². The standard InChI is InChI=1S/C46H33Br2F2N8O9PS2/c47-31-9-1-29(2-10-31)45(53-43(59)39-25-41(27-5-13-33(49)14-6-27)57(55-39)35-17-21-37(22-18-35)69(51,62)63)66-68(61)67-46(30-3-11-32(48)12-4-30)54-44(60)40-26-42(28-7-15-34(50)16-8-28)58(56-40)36-19-23-38(24-20-36)70(52,64)65/h1-26,45-46H,(H5-,51,52,53,54,59,60,62,63,64,65)/p+1. The molecule has 17 nitrogen and oxygen atoms in total. The van der Waals surface area contributed by atoms with E-state index in [-0.39, 0.29) is 21.2 Å². The van der Waals surface area contributed by atoms with E-state index in [4.69, 9.17) is 19.3 Å². The van der Waals surface area contributed by atoms with Crippen LogP contribution in [-0.4, -0.2) is 48.2 Å². The first-order chi connectivity index (χ1) is 33.3. The number of rotatable bonds is 16.